The van der Waals surface area contributed by atoms with Crippen LogP contribution in [0.2, 0.25) is 0 Å². The second-order valence-corrected chi connectivity index (χ2v) is 4.54. The van der Waals surface area contributed by atoms with E-state index in [1.54, 1.807) is 6.20 Å². The van der Waals surface area contributed by atoms with Gasteiger partial charge in [-0.2, -0.15) is 4.98 Å². The van der Waals surface area contributed by atoms with Crippen molar-refractivity contribution >= 4 is 0 Å². The van der Waals surface area contributed by atoms with Crippen molar-refractivity contribution in [1.29, 1.82) is 0 Å². The van der Waals surface area contributed by atoms with Gasteiger partial charge in [-0.15, -0.1) is 0 Å². The summed E-state index contributed by atoms with van der Waals surface area (Å²) in [6.07, 6.45) is 2.69. The largest absolute Gasteiger partial charge is 0.337 e. The van der Waals surface area contributed by atoms with Gasteiger partial charge < -0.3 is 10.3 Å². The topological polar surface area (TPSA) is 77.8 Å². The molecular formula is C13H18N4O. The van der Waals surface area contributed by atoms with Crippen LogP contribution >= 0.6 is 0 Å². The summed E-state index contributed by atoms with van der Waals surface area (Å²) in [6, 6.07) is 3.62. The number of nitrogens with two attached hydrogens (primary N) is 1. The minimum atomic E-state index is -0.222. The first-order valence-corrected chi connectivity index (χ1v) is 6.14. The van der Waals surface area contributed by atoms with Crippen molar-refractivity contribution in [3.05, 3.63) is 29.8 Å². The van der Waals surface area contributed by atoms with Crippen LogP contribution in [0, 0.1) is 12.8 Å². The van der Waals surface area contributed by atoms with E-state index in [0.717, 1.165) is 17.7 Å². The van der Waals surface area contributed by atoms with Crippen LogP contribution in [0.15, 0.2) is 22.9 Å². The monoisotopic (exact) mass is 246 g/mol. The number of rotatable bonds is 4. The fraction of sp³-hybridized carbons (Fsp3) is 0.462. The van der Waals surface area contributed by atoms with Crippen LogP contribution in [0.25, 0.3) is 11.5 Å². The van der Waals surface area contributed by atoms with Crippen LogP contribution < -0.4 is 5.73 Å². The average molecular weight is 246 g/mol. The minimum Gasteiger partial charge on any atom is -0.337 e. The lowest BCUT2D eigenvalue weighted by Crippen LogP contribution is -2.18. The van der Waals surface area contributed by atoms with Crippen LogP contribution in [0.4, 0.5) is 0 Å². The highest BCUT2D eigenvalue weighted by Crippen LogP contribution is 2.23. The van der Waals surface area contributed by atoms with E-state index in [4.69, 9.17) is 10.3 Å². The Hall–Kier alpha value is -1.75. The van der Waals surface area contributed by atoms with Crippen molar-refractivity contribution in [2.24, 2.45) is 11.7 Å². The molecule has 2 aromatic rings. The Labute approximate surface area is 106 Å². The van der Waals surface area contributed by atoms with E-state index >= 15 is 0 Å². The van der Waals surface area contributed by atoms with Crippen molar-refractivity contribution in [3.8, 4) is 11.5 Å². The summed E-state index contributed by atoms with van der Waals surface area (Å²) in [7, 11) is 0. The van der Waals surface area contributed by atoms with Crippen LogP contribution in [-0.4, -0.2) is 15.1 Å². The molecule has 0 radical (unpaired) electrons. The van der Waals surface area contributed by atoms with E-state index in [1.807, 2.05) is 19.1 Å². The van der Waals surface area contributed by atoms with Crippen molar-refractivity contribution in [2.45, 2.75) is 33.2 Å². The first kappa shape index (κ1) is 12.7. The SMILES string of the molecule is CCC(C)[C@H](N)c1nc(-c2ncccc2C)no1. The molecule has 0 saturated carbocycles. The van der Waals surface area contributed by atoms with E-state index in [9.17, 15) is 0 Å². The highest BCUT2D eigenvalue weighted by molar-refractivity contribution is 5.53. The van der Waals surface area contributed by atoms with Crippen LogP contribution in [0.1, 0.15) is 37.8 Å². The molecule has 1 unspecified atom stereocenters. The zero-order chi connectivity index (χ0) is 13.1. The van der Waals surface area contributed by atoms with Crippen molar-refractivity contribution < 1.29 is 4.52 Å². The van der Waals surface area contributed by atoms with Gasteiger partial charge in [0.2, 0.25) is 11.7 Å². The molecule has 2 rings (SSSR count). The summed E-state index contributed by atoms with van der Waals surface area (Å²) in [5.41, 5.74) is 7.82. The van der Waals surface area contributed by atoms with Crippen molar-refractivity contribution in [2.75, 3.05) is 0 Å². The Morgan fingerprint density at radius 1 is 1.44 bits per heavy atom. The third kappa shape index (κ3) is 2.41. The molecule has 0 aliphatic rings. The molecule has 2 N–H and O–H groups in total. The molecule has 96 valence electrons. The standard InChI is InChI=1S/C13H18N4O/c1-4-8(2)10(14)13-16-12(17-18-13)11-9(3)6-5-7-15-11/h5-8,10H,4,14H2,1-3H3/t8?,10-/m0/s1. The molecule has 5 heteroatoms. The third-order valence-electron chi connectivity index (χ3n) is 3.21. The fourth-order valence-electron chi connectivity index (χ4n) is 1.68. The lowest BCUT2D eigenvalue weighted by molar-refractivity contribution is 0.312. The smallest absolute Gasteiger partial charge is 0.244 e. The highest BCUT2D eigenvalue weighted by Gasteiger charge is 2.21. The molecule has 0 aromatic carbocycles. The lowest BCUT2D eigenvalue weighted by atomic mass is 10.0. The third-order valence-corrected chi connectivity index (χ3v) is 3.21. The normalized spacial score (nSPS) is 14.4. The summed E-state index contributed by atoms with van der Waals surface area (Å²) >= 11 is 0. The molecule has 0 bridgehead atoms. The van der Waals surface area contributed by atoms with E-state index in [-0.39, 0.29) is 6.04 Å². The van der Waals surface area contributed by atoms with Gasteiger partial charge in [0.1, 0.15) is 5.69 Å². The summed E-state index contributed by atoms with van der Waals surface area (Å²) in [5.74, 6) is 1.29. The predicted octanol–water partition coefficient (Wildman–Crippen LogP) is 2.49. The molecule has 0 aliphatic carbocycles. The summed E-state index contributed by atoms with van der Waals surface area (Å²) in [5, 5.41) is 3.96. The summed E-state index contributed by atoms with van der Waals surface area (Å²) in [6.45, 7) is 6.12. The zero-order valence-electron chi connectivity index (χ0n) is 10.9. The Morgan fingerprint density at radius 3 is 2.89 bits per heavy atom. The van der Waals surface area contributed by atoms with Gasteiger partial charge in [-0.1, -0.05) is 31.5 Å². The molecule has 2 aromatic heterocycles. The number of aromatic nitrogens is 3. The van der Waals surface area contributed by atoms with E-state index in [1.165, 1.54) is 0 Å². The van der Waals surface area contributed by atoms with E-state index in [2.05, 4.69) is 29.0 Å². The van der Waals surface area contributed by atoms with E-state index in [0.29, 0.717) is 17.6 Å². The Balaban J connectivity index is 2.29. The van der Waals surface area contributed by atoms with Gasteiger partial charge in [0.05, 0.1) is 6.04 Å². The molecule has 2 atom stereocenters. The molecule has 0 spiro atoms. The maximum absolute atomic E-state index is 6.06. The molecule has 0 amide bonds. The molecule has 0 aliphatic heterocycles. The van der Waals surface area contributed by atoms with Crippen molar-refractivity contribution in [1.82, 2.24) is 15.1 Å². The molecule has 0 fully saturated rings. The number of nitrogens with zero attached hydrogens (tertiary/aromatic N) is 3. The van der Waals surface area contributed by atoms with Gasteiger partial charge in [0.15, 0.2) is 0 Å². The maximum Gasteiger partial charge on any atom is 0.244 e. The van der Waals surface area contributed by atoms with Gasteiger partial charge >= 0.3 is 0 Å². The number of aryl methyl sites for hydroxylation is 1. The maximum atomic E-state index is 6.06. The second kappa shape index (κ2) is 5.27. The Morgan fingerprint density at radius 2 is 2.22 bits per heavy atom. The quantitative estimate of drug-likeness (QED) is 0.896. The molecule has 18 heavy (non-hydrogen) atoms. The van der Waals surface area contributed by atoms with E-state index < -0.39 is 0 Å². The fourth-order valence-corrected chi connectivity index (χ4v) is 1.68. The second-order valence-electron chi connectivity index (χ2n) is 4.54. The van der Waals surface area contributed by atoms with Gasteiger partial charge in [0, 0.05) is 6.20 Å². The van der Waals surface area contributed by atoms with Gasteiger partial charge in [-0.25, -0.2) is 0 Å². The lowest BCUT2D eigenvalue weighted by Gasteiger charge is -2.12. The molecular weight excluding hydrogens is 228 g/mol. The molecule has 0 saturated heterocycles. The van der Waals surface area contributed by atoms with Gasteiger partial charge in [-0.3, -0.25) is 4.98 Å². The Bertz CT molecular complexity index is 523. The van der Waals surface area contributed by atoms with Crippen LogP contribution in [0.5, 0.6) is 0 Å². The van der Waals surface area contributed by atoms with Crippen LogP contribution in [0.3, 0.4) is 0 Å². The summed E-state index contributed by atoms with van der Waals surface area (Å²) < 4.78 is 5.23. The predicted molar refractivity (Wildman–Crippen MR) is 68.6 cm³/mol. The molecule has 5 nitrogen and oxygen atoms in total. The first-order chi connectivity index (χ1) is 8.63. The number of hydrogen-bond donors (Lipinski definition) is 1. The summed E-state index contributed by atoms with van der Waals surface area (Å²) in [4.78, 5) is 8.61. The average Bonchev–Trinajstić information content (AvgIpc) is 2.87. The van der Waals surface area contributed by atoms with Crippen molar-refractivity contribution in [3.63, 3.8) is 0 Å². The first-order valence-electron chi connectivity index (χ1n) is 6.14. The number of hydrogen-bond acceptors (Lipinski definition) is 5. The molecule has 2 heterocycles. The zero-order valence-corrected chi connectivity index (χ0v) is 10.9. The van der Waals surface area contributed by atoms with Gasteiger partial charge in [-0.05, 0) is 24.5 Å². The highest BCUT2D eigenvalue weighted by atomic mass is 16.5. The Kier molecular flexibility index (Phi) is 3.72. The van der Waals surface area contributed by atoms with Gasteiger partial charge in [0.25, 0.3) is 0 Å². The number of pyridine rings is 1. The van der Waals surface area contributed by atoms with Crippen LogP contribution in [-0.2, 0) is 0 Å². The minimum absolute atomic E-state index is 0.222.